The van der Waals surface area contributed by atoms with Gasteiger partial charge in [-0.3, -0.25) is 0 Å². The summed E-state index contributed by atoms with van der Waals surface area (Å²) in [6.45, 7) is 4.68. The number of nitrogens with zero attached hydrogens (tertiary/aromatic N) is 2. The lowest BCUT2D eigenvalue weighted by Crippen LogP contribution is -2.12. The van der Waals surface area contributed by atoms with Gasteiger partial charge < -0.3 is 10.1 Å². The van der Waals surface area contributed by atoms with Gasteiger partial charge in [0.25, 0.3) is 0 Å². The summed E-state index contributed by atoms with van der Waals surface area (Å²) in [5.41, 5.74) is 1.23. The van der Waals surface area contributed by atoms with E-state index < -0.39 is 0 Å². The molecule has 4 heteroatoms. The Morgan fingerprint density at radius 1 is 1.16 bits per heavy atom. The average molecular weight is 257 g/mol. The summed E-state index contributed by atoms with van der Waals surface area (Å²) < 4.78 is 5.38. The molecule has 0 aliphatic heterocycles. The predicted molar refractivity (Wildman–Crippen MR) is 76.3 cm³/mol. The van der Waals surface area contributed by atoms with Gasteiger partial charge in [-0.2, -0.15) is 4.98 Å². The minimum Gasteiger partial charge on any atom is -0.478 e. The molecule has 0 amide bonds. The van der Waals surface area contributed by atoms with Crippen LogP contribution in [-0.2, 0) is 0 Å². The second kappa shape index (κ2) is 6.73. The van der Waals surface area contributed by atoms with Crippen molar-refractivity contribution < 1.29 is 4.74 Å². The van der Waals surface area contributed by atoms with Crippen molar-refractivity contribution in [1.29, 1.82) is 0 Å². The molecular weight excluding hydrogens is 238 g/mol. The van der Waals surface area contributed by atoms with Crippen LogP contribution in [0.5, 0.6) is 5.88 Å². The molecule has 1 atom stereocenters. The van der Waals surface area contributed by atoms with Gasteiger partial charge in [0.05, 0.1) is 12.6 Å². The molecule has 19 heavy (non-hydrogen) atoms. The molecule has 2 rings (SSSR count). The Morgan fingerprint density at radius 2 is 1.95 bits per heavy atom. The monoisotopic (exact) mass is 257 g/mol. The predicted octanol–water partition coefficient (Wildman–Crippen LogP) is 3.44. The van der Waals surface area contributed by atoms with Crippen LogP contribution in [-0.4, -0.2) is 16.6 Å². The Bertz CT molecular complexity index is 502. The van der Waals surface area contributed by atoms with E-state index in [1.807, 2.05) is 25.1 Å². The van der Waals surface area contributed by atoms with Gasteiger partial charge in [0.1, 0.15) is 0 Å². The van der Waals surface area contributed by atoms with E-state index >= 15 is 0 Å². The molecule has 0 fully saturated rings. The third-order valence-corrected chi connectivity index (χ3v) is 2.84. The molecule has 100 valence electrons. The van der Waals surface area contributed by atoms with Crippen molar-refractivity contribution in [3.63, 3.8) is 0 Å². The zero-order valence-corrected chi connectivity index (χ0v) is 11.3. The van der Waals surface area contributed by atoms with Crippen molar-refractivity contribution in [3.05, 3.63) is 48.2 Å². The lowest BCUT2D eigenvalue weighted by atomic mass is 10.1. The normalized spacial score (nSPS) is 11.9. The number of rotatable bonds is 6. The Labute approximate surface area is 113 Å². The van der Waals surface area contributed by atoms with Gasteiger partial charge in [-0.15, -0.1) is 0 Å². The van der Waals surface area contributed by atoms with E-state index in [9.17, 15) is 0 Å². The van der Waals surface area contributed by atoms with E-state index in [2.05, 4.69) is 34.3 Å². The van der Waals surface area contributed by atoms with E-state index in [0.29, 0.717) is 18.4 Å². The van der Waals surface area contributed by atoms with Crippen molar-refractivity contribution in [2.75, 3.05) is 11.9 Å². The Morgan fingerprint density at radius 3 is 2.63 bits per heavy atom. The van der Waals surface area contributed by atoms with Gasteiger partial charge in [0, 0.05) is 12.3 Å². The highest BCUT2D eigenvalue weighted by Gasteiger charge is 2.10. The van der Waals surface area contributed by atoms with Gasteiger partial charge in [-0.05, 0) is 18.9 Å². The molecule has 0 radical (unpaired) electrons. The van der Waals surface area contributed by atoms with E-state index in [1.165, 1.54) is 5.56 Å². The Hall–Kier alpha value is -2.10. The van der Waals surface area contributed by atoms with Crippen LogP contribution in [0.2, 0.25) is 0 Å². The Balaban J connectivity index is 2.12. The number of benzene rings is 1. The molecule has 2 aromatic rings. The fourth-order valence-corrected chi connectivity index (χ4v) is 1.90. The molecule has 4 nitrogen and oxygen atoms in total. The fraction of sp³-hybridized carbons (Fsp3) is 0.333. The number of hydrogen-bond donors (Lipinski definition) is 1. The number of nitrogens with one attached hydrogen (secondary N) is 1. The van der Waals surface area contributed by atoms with Crippen LogP contribution in [0.3, 0.4) is 0 Å². The van der Waals surface area contributed by atoms with Gasteiger partial charge in [-0.1, -0.05) is 37.3 Å². The summed E-state index contributed by atoms with van der Waals surface area (Å²) >= 11 is 0. The van der Waals surface area contributed by atoms with Crippen LogP contribution >= 0.6 is 0 Å². The molecule has 1 aromatic heterocycles. The van der Waals surface area contributed by atoms with Crippen LogP contribution in [0.15, 0.2) is 42.6 Å². The van der Waals surface area contributed by atoms with E-state index in [4.69, 9.17) is 4.74 Å². The van der Waals surface area contributed by atoms with Crippen molar-refractivity contribution in [2.24, 2.45) is 0 Å². The molecule has 1 aromatic carbocycles. The summed E-state index contributed by atoms with van der Waals surface area (Å²) in [6.07, 6.45) is 2.67. The van der Waals surface area contributed by atoms with Crippen LogP contribution in [0, 0.1) is 0 Å². The highest BCUT2D eigenvalue weighted by Crippen LogP contribution is 2.21. The molecule has 1 heterocycles. The van der Waals surface area contributed by atoms with Crippen LogP contribution < -0.4 is 10.1 Å². The quantitative estimate of drug-likeness (QED) is 0.861. The third kappa shape index (κ3) is 3.68. The highest BCUT2D eigenvalue weighted by molar-refractivity contribution is 5.33. The molecule has 0 aliphatic carbocycles. The second-order valence-corrected chi connectivity index (χ2v) is 4.17. The fourth-order valence-electron chi connectivity index (χ4n) is 1.90. The van der Waals surface area contributed by atoms with Crippen molar-refractivity contribution in [3.8, 4) is 5.88 Å². The molecule has 0 saturated carbocycles. The topological polar surface area (TPSA) is 47.0 Å². The maximum atomic E-state index is 5.38. The van der Waals surface area contributed by atoms with Crippen molar-refractivity contribution >= 4 is 5.95 Å². The molecule has 0 spiro atoms. The largest absolute Gasteiger partial charge is 0.478 e. The lowest BCUT2D eigenvalue weighted by molar-refractivity contribution is 0.326. The summed E-state index contributed by atoms with van der Waals surface area (Å²) in [4.78, 5) is 8.56. The minimum atomic E-state index is 0.207. The highest BCUT2D eigenvalue weighted by atomic mass is 16.5. The van der Waals surface area contributed by atoms with Crippen molar-refractivity contribution in [1.82, 2.24) is 9.97 Å². The van der Waals surface area contributed by atoms with Gasteiger partial charge >= 0.3 is 0 Å². The summed E-state index contributed by atoms with van der Waals surface area (Å²) in [7, 11) is 0. The van der Waals surface area contributed by atoms with Crippen molar-refractivity contribution in [2.45, 2.75) is 26.3 Å². The molecular formula is C15H19N3O. The maximum Gasteiger partial charge on any atom is 0.226 e. The second-order valence-electron chi connectivity index (χ2n) is 4.17. The number of ether oxygens (including phenoxy) is 1. The third-order valence-electron chi connectivity index (χ3n) is 2.84. The van der Waals surface area contributed by atoms with Gasteiger partial charge in [0.2, 0.25) is 11.8 Å². The standard InChI is InChI=1S/C15H19N3O/c1-3-13(12-8-6-5-7-9-12)17-15-16-11-10-14(18-15)19-4-2/h5-11,13H,3-4H2,1-2H3,(H,16,17,18). The number of aromatic nitrogens is 2. The molecule has 0 bridgehead atoms. The first-order valence-electron chi connectivity index (χ1n) is 6.60. The van der Waals surface area contributed by atoms with Gasteiger partial charge in [-0.25, -0.2) is 4.98 Å². The summed E-state index contributed by atoms with van der Waals surface area (Å²) in [5, 5.41) is 3.34. The first kappa shape index (κ1) is 13.3. The van der Waals surface area contributed by atoms with Crippen LogP contribution in [0.1, 0.15) is 31.9 Å². The van der Waals surface area contributed by atoms with E-state index in [1.54, 1.807) is 12.3 Å². The first-order valence-corrected chi connectivity index (χ1v) is 6.60. The molecule has 0 aliphatic rings. The Kier molecular flexibility index (Phi) is 4.72. The molecule has 1 unspecified atom stereocenters. The maximum absolute atomic E-state index is 5.38. The number of hydrogen-bond acceptors (Lipinski definition) is 4. The zero-order valence-electron chi connectivity index (χ0n) is 11.3. The van der Waals surface area contributed by atoms with E-state index in [-0.39, 0.29) is 6.04 Å². The zero-order chi connectivity index (χ0) is 13.5. The molecule has 1 N–H and O–H groups in total. The number of anilines is 1. The molecule has 0 saturated heterocycles. The summed E-state index contributed by atoms with van der Waals surface area (Å²) in [5.74, 6) is 1.20. The van der Waals surface area contributed by atoms with Crippen LogP contribution in [0.25, 0.3) is 0 Å². The van der Waals surface area contributed by atoms with Crippen LogP contribution in [0.4, 0.5) is 5.95 Å². The summed E-state index contributed by atoms with van der Waals surface area (Å²) in [6, 6.07) is 12.3. The van der Waals surface area contributed by atoms with Gasteiger partial charge in [0.15, 0.2) is 0 Å². The minimum absolute atomic E-state index is 0.207. The van der Waals surface area contributed by atoms with E-state index in [0.717, 1.165) is 6.42 Å². The first-order chi connectivity index (χ1) is 9.33. The lowest BCUT2D eigenvalue weighted by Gasteiger charge is -2.17. The SMILES string of the molecule is CCOc1ccnc(NC(CC)c2ccccc2)n1. The average Bonchev–Trinajstić information content (AvgIpc) is 2.46. The smallest absolute Gasteiger partial charge is 0.226 e.